The zero-order valence-corrected chi connectivity index (χ0v) is 26.8. The number of nitrogens with zero attached hydrogens (tertiary/aromatic N) is 9. The maximum Gasteiger partial charge on any atom is 0.386 e. The van der Waals surface area contributed by atoms with Crippen LogP contribution < -0.4 is 0 Å². The summed E-state index contributed by atoms with van der Waals surface area (Å²) in [4.78, 5) is 37.0. The van der Waals surface area contributed by atoms with Gasteiger partial charge < -0.3 is 27.8 Å². The standard InChI is InChI=1S/C23H24ClN9O7P2S2/c24-20-18-22(27-8-26-20)32(10-28-18)14-3-12-5-36-42(35,44)40-15-4-17(39-16(15)7-38-41(34,43)37-6-13(12)14)33-11-29-19-21-25-1-2-31(21)9-30-23(19)33/h1-2,8-17H,3-7H2,(H,34,43)(H,35,44)/t12-,13-,14-,15+,16-,17-,41?,42?/m1/s1. The molecule has 5 aromatic rings. The van der Waals surface area contributed by atoms with Gasteiger partial charge in [-0.1, -0.05) is 23.8 Å². The van der Waals surface area contributed by atoms with E-state index in [-0.39, 0.29) is 49.3 Å². The number of imidazole rings is 3. The van der Waals surface area contributed by atoms with E-state index in [1.807, 2.05) is 4.57 Å². The number of ether oxygens (including phenoxy) is 1. The number of rotatable bonds is 2. The lowest BCUT2D eigenvalue weighted by Crippen LogP contribution is -2.43. The fourth-order valence-corrected chi connectivity index (χ4v) is 8.95. The van der Waals surface area contributed by atoms with Gasteiger partial charge >= 0.3 is 13.5 Å². The van der Waals surface area contributed by atoms with E-state index in [2.05, 4.69) is 42.2 Å². The van der Waals surface area contributed by atoms with Crippen molar-refractivity contribution in [3.05, 3.63) is 42.9 Å². The van der Waals surface area contributed by atoms with Gasteiger partial charge in [-0.25, -0.2) is 34.5 Å². The monoisotopic (exact) mass is 699 g/mol. The van der Waals surface area contributed by atoms with Gasteiger partial charge in [0.15, 0.2) is 27.6 Å². The lowest BCUT2D eigenvalue weighted by Gasteiger charge is -2.45. The Hall–Kier alpha value is -2.08. The Balaban J connectivity index is 1.03. The van der Waals surface area contributed by atoms with Crippen LogP contribution in [0, 0.1) is 11.8 Å². The summed E-state index contributed by atoms with van der Waals surface area (Å²) >= 11 is 15.8. The van der Waals surface area contributed by atoms with Crippen LogP contribution in [0.25, 0.3) is 28.0 Å². The topological polar surface area (TPSA) is 175 Å². The molecule has 2 aliphatic heterocycles. The van der Waals surface area contributed by atoms with Gasteiger partial charge in [0.25, 0.3) is 0 Å². The zero-order valence-electron chi connectivity index (χ0n) is 22.5. The summed E-state index contributed by atoms with van der Waals surface area (Å²) in [6.45, 7) is -7.63. The summed E-state index contributed by atoms with van der Waals surface area (Å²) < 4.78 is 48.5. The first-order valence-corrected chi connectivity index (χ1v) is 19.2. The quantitative estimate of drug-likeness (QED) is 0.155. The van der Waals surface area contributed by atoms with E-state index in [1.165, 1.54) is 6.33 Å². The Kier molecular flexibility index (Phi) is 7.35. The normalized spacial score (nSPS) is 35.1. The second-order valence-electron chi connectivity index (χ2n) is 10.8. The van der Waals surface area contributed by atoms with Gasteiger partial charge in [0.2, 0.25) is 0 Å². The number of thiol groups is 1. The van der Waals surface area contributed by atoms with E-state index in [0.717, 1.165) is 0 Å². The first-order chi connectivity index (χ1) is 21.2. The fraction of sp³-hybridized carbons (Fsp3) is 0.478. The lowest BCUT2D eigenvalue weighted by atomic mass is 9.70. The molecule has 44 heavy (non-hydrogen) atoms. The van der Waals surface area contributed by atoms with Gasteiger partial charge in [-0.2, -0.15) is 0 Å². The minimum Gasteiger partial charge on any atom is -0.349 e. The predicted octanol–water partition coefficient (Wildman–Crippen LogP) is 3.74. The van der Waals surface area contributed by atoms with Gasteiger partial charge in [0.1, 0.15) is 36.6 Å². The molecule has 0 spiro atoms. The van der Waals surface area contributed by atoms with Crippen molar-refractivity contribution in [1.82, 2.24) is 43.4 Å². The molecule has 8 rings (SSSR count). The van der Waals surface area contributed by atoms with Crippen molar-refractivity contribution < 1.29 is 32.3 Å². The summed E-state index contributed by atoms with van der Waals surface area (Å²) in [7, 11) is 0. The Morgan fingerprint density at radius 1 is 0.909 bits per heavy atom. The molecule has 3 fully saturated rings. The summed E-state index contributed by atoms with van der Waals surface area (Å²) in [6.07, 6.45) is 8.36. The zero-order chi connectivity index (χ0) is 30.2. The highest BCUT2D eigenvalue weighted by atomic mass is 35.5. The molecule has 2 unspecified atom stereocenters. The second kappa shape index (κ2) is 11.0. The van der Waals surface area contributed by atoms with Crippen molar-refractivity contribution >= 4 is 77.1 Å². The van der Waals surface area contributed by atoms with Crippen molar-refractivity contribution in [3.63, 3.8) is 0 Å². The average Bonchev–Trinajstić information content (AvgIpc) is 3.76. The molecular weight excluding hydrogens is 676 g/mol. The van der Waals surface area contributed by atoms with Crippen molar-refractivity contribution in [2.24, 2.45) is 11.8 Å². The molecule has 16 nitrogen and oxygen atoms in total. The third-order valence-corrected chi connectivity index (χ3v) is 11.8. The van der Waals surface area contributed by atoms with Crippen LogP contribution in [0.5, 0.6) is 0 Å². The first-order valence-electron chi connectivity index (χ1n) is 13.6. The highest BCUT2D eigenvalue weighted by Crippen LogP contribution is 2.59. The third kappa shape index (κ3) is 5.19. The smallest absolute Gasteiger partial charge is 0.349 e. The molecule has 1 saturated carbocycles. The highest BCUT2D eigenvalue weighted by Gasteiger charge is 2.47. The fourth-order valence-electron chi connectivity index (χ4n) is 6.07. The highest BCUT2D eigenvalue weighted by molar-refractivity contribution is 8.44. The minimum atomic E-state index is -3.86. The summed E-state index contributed by atoms with van der Waals surface area (Å²) in [6, 6.07) is -0.134. The van der Waals surface area contributed by atoms with Crippen LogP contribution in [-0.2, 0) is 39.2 Å². The molecule has 8 atom stereocenters. The number of aromatic nitrogens is 9. The molecule has 0 radical (unpaired) electrons. The van der Waals surface area contributed by atoms with Crippen molar-refractivity contribution in [3.8, 4) is 0 Å². The van der Waals surface area contributed by atoms with Crippen LogP contribution in [0.1, 0.15) is 25.1 Å². The van der Waals surface area contributed by atoms with Gasteiger partial charge in [-0.05, 0) is 24.1 Å². The third-order valence-electron chi connectivity index (χ3n) is 8.31. The largest absolute Gasteiger partial charge is 0.386 e. The van der Waals surface area contributed by atoms with E-state index in [4.69, 9.17) is 46.2 Å². The maximum absolute atomic E-state index is 13.5. The Labute approximate surface area is 264 Å². The van der Waals surface area contributed by atoms with Crippen molar-refractivity contribution in [1.29, 1.82) is 0 Å². The Morgan fingerprint density at radius 2 is 1.70 bits per heavy atom. The van der Waals surface area contributed by atoms with E-state index in [9.17, 15) is 9.46 Å². The molecule has 5 aromatic heterocycles. The maximum atomic E-state index is 13.5. The summed E-state index contributed by atoms with van der Waals surface area (Å²) in [5.74, 6) is -0.335. The van der Waals surface area contributed by atoms with E-state index in [1.54, 1.807) is 40.3 Å². The number of hydrogen-bond donors (Lipinski definition) is 2. The van der Waals surface area contributed by atoms with Gasteiger partial charge in [0, 0.05) is 30.8 Å². The molecule has 1 aliphatic carbocycles. The van der Waals surface area contributed by atoms with Crippen LogP contribution in [0.4, 0.5) is 0 Å². The molecule has 21 heteroatoms. The molecule has 0 amide bonds. The molecule has 2 saturated heterocycles. The van der Waals surface area contributed by atoms with E-state index >= 15 is 0 Å². The lowest BCUT2D eigenvalue weighted by molar-refractivity contribution is -0.0380. The molecule has 3 aliphatic rings. The number of hydrogen-bond acceptors (Lipinski definition) is 13. The van der Waals surface area contributed by atoms with Crippen LogP contribution in [0.15, 0.2) is 37.7 Å². The van der Waals surface area contributed by atoms with Crippen LogP contribution in [0.3, 0.4) is 0 Å². The van der Waals surface area contributed by atoms with E-state index < -0.39 is 32.0 Å². The molecule has 232 valence electrons. The van der Waals surface area contributed by atoms with Crippen LogP contribution in [0.2, 0.25) is 5.15 Å². The molecule has 0 bridgehead atoms. The molecule has 0 aromatic carbocycles. The van der Waals surface area contributed by atoms with Gasteiger partial charge in [-0.3, -0.25) is 13.5 Å². The average molecular weight is 700 g/mol. The first kappa shape index (κ1) is 29.3. The Bertz CT molecular complexity index is 1990. The second-order valence-corrected chi connectivity index (χ2v) is 16.8. The number of halogens is 1. The molecular formula is C23H24ClN9O7P2S2. The van der Waals surface area contributed by atoms with Crippen molar-refractivity contribution in [2.75, 3.05) is 19.8 Å². The van der Waals surface area contributed by atoms with Gasteiger partial charge in [-0.15, -0.1) is 0 Å². The number of fused-ring (bicyclic) bond motifs is 6. The molecule has 7 heterocycles. The Morgan fingerprint density at radius 3 is 2.59 bits per heavy atom. The predicted molar refractivity (Wildman–Crippen MR) is 162 cm³/mol. The van der Waals surface area contributed by atoms with Crippen LogP contribution >= 0.6 is 37.4 Å². The summed E-state index contributed by atoms with van der Waals surface area (Å²) in [5, 5.41) is 0.245. The van der Waals surface area contributed by atoms with E-state index in [0.29, 0.717) is 34.4 Å². The summed E-state index contributed by atoms with van der Waals surface area (Å²) in [5.41, 5.74) is 2.83. The van der Waals surface area contributed by atoms with Gasteiger partial charge in [0.05, 0.1) is 32.5 Å². The molecule has 1 N–H and O–H groups in total. The minimum absolute atomic E-state index is 0.0508. The van der Waals surface area contributed by atoms with Crippen molar-refractivity contribution in [2.45, 2.75) is 37.3 Å². The SMILES string of the molecule is O=P1(S)OC[C@H]2C[C@@H](n3cnc4c(Cl)ncnc43)[C@@H]2COP(O)(=S)OC[C@H]2O[C@@H](n3cnc4c3ncn3ccnc43)C[C@@H]2O1. The van der Waals surface area contributed by atoms with Crippen LogP contribution in [-0.4, -0.2) is 80.4 Å².